The molecule has 3 saturated heterocycles. The first-order chi connectivity index (χ1) is 29.7. The molecule has 64 heavy (non-hydrogen) atoms. The van der Waals surface area contributed by atoms with E-state index in [0.29, 0.717) is 5.02 Å². The Morgan fingerprint density at radius 3 is 1.14 bits per heavy atom. The summed E-state index contributed by atoms with van der Waals surface area (Å²) in [6.07, 6.45) is 3.22. The molecule has 6 aromatic rings. The summed E-state index contributed by atoms with van der Waals surface area (Å²) in [6.45, 7) is 32.9. The van der Waals surface area contributed by atoms with E-state index in [0.717, 1.165) is 49.8 Å². The molecule has 3 fully saturated rings. The molecule has 3 aliphatic heterocycles. The molecule has 0 amide bonds. The van der Waals surface area contributed by atoms with Crippen LogP contribution in [0.5, 0.6) is 0 Å². The van der Waals surface area contributed by atoms with Gasteiger partial charge in [-0.2, -0.15) is 0 Å². The molecular weight excluding hydrogens is 820 g/mol. The highest BCUT2D eigenvalue weighted by atomic mass is 35.5. The highest BCUT2D eigenvalue weighted by Gasteiger charge is 2.63. The Morgan fingerprint density at radius 1 is 0.406 bits per heavy atom. The molecule has 3 aliphatic rings. The molecular formula is C50H62B3ClN4O6. The number of hydrogen-bond acceptors (Lipinski definition) is 10. The maximum absolute atomic E-state index is 6.18. The topological polar surface area (TPSA) is 107 Å². The standard InChI is InChI=1S/C22H25BN2O2.C16H13ClN2.C12H24B2O4/c1-14-9-15(2)11-16(10-14)20-18-8-7-17(12-19(18)24-13-25-20)23-26-21(3,4)22(5,6)27-23;1-10-5-11(2)7-12(6-10)16-14-4-3-13(17)8-15(14)18-9-19-16;1-9(2)10(3,4)16-13(15-9)14-17-11(5,6)12(7,8)18-14/h7-13H,1-6H3;3-9H,1-2H3;1-8H3. The van der Waals surface area contributed by atoms with Crippen molar-refractivity contribution in [3.63, 3.8) is 0 Å². The van der Waals surface area contributed by atoms with Gasteiger partial charge in [-0.05, 0) is 165 Å². The molecule has 5 heterocycles. The van der Waals surface area contributed by atoms with Gasteiger partial charge in [0, 0.05) is 26.9 Å². The zero-order valence-electron chi connectivity index (χ0n) is 40.4. The molecule has 0 N–H and O–H groups in total. The molecule has 0 saturated carbocycles. The molecule has 0 bridgehead atoms. The minimum Gasteiger partial charge on any atom is -0.405 e. The SMILES string of the molecule is CC1(C)OB(B2OC(C)(C)C(C)(C)O2)OC1(C)C.Cc1cc(C)cc(-c2ncnc3cc(B4OC(C)(C)C(C)(C)O4)ccc23)c1.Cc1cc(C)cc(-c2ncnc3cc(Cl)ccc23)c1. The molecule has 14 heteroatoms. The predicted octanol–water partition coefficient (Wildman–Crippen LogP) is 11.0. The van der Waals surface area contributed by atoms with Crippen LogP contribution in [0.25, 0.3) is 44.3 Å². The summed E-state index contributed by atoms with van der Waals surface area (Å²) in [6, 6.07) is 24.8. The Bertz CT molecular complexity index is 2590. The van der Waals surface area contributed by atoms with Crippen molar-refractivity contribution < 1.29 is 27.9 Å². The van der Waals surface area contributed by atoms with Gasteiger partial charge in [0.2, 0.25) is 0 Å². The lowest BCUT2D eigenvalue weighted by atomic mass is 9.49. The lowest BCUT2D eigenvalue weighted by molar-refractivity contribution is 0.00578. The molecule has 0 atom stereocenters. The van der Waals surface area contributed by atoms with Gasteiger partial charge in [-0.15, -0.1) is 0 Å². The van der Waals surface area contributed by atoms with Crippen molar-refractivity contribution in [3.8, 4) is 22.5 Å². The van der Waals surface area contributed by atoms with Crippen LogP contribution in [0.15, 0.2) is 85.5 Å². The number of hydrogen-bond donors (Lipinski definition) is 0. The predicted molar refractivity (Wildman–Crippen MR) is 262 cm³/mol. The highest BCUT2D eigenvalue weighted by Crippen LogP contribution is 2.43. The fraction of sp³-hybridized carbons (Fsp3) is 0.440. The molecule has 10 nitrogen and oxygen atoms in total. The molecule has 9 rings (SSSR count). The third-order valence-corrected chi connectivity index (χ3v) is 13.8. The number of aryl methyl sites for hydroxylation is 4. The summed E-state index contributed by atoms with van der Waals surface area (Å²) in [5.41, 5.74) is 9.64. The largest absolute Gasteiger partial charge is 0.494 e. The number of benzene rings is 4. The van der Waals surface area contributed by atoms with Crippen molar-refractivity contribution in [2.24, 2.45) is 0 Å². The summed E-state index contributed by atoms with van der Waals surface area (Å²) in [5, 5.41) is 2.75. The second kappa shape index (κ2) is 17.2. The number of nitrogens with zero attached hydrogens (tertiary/aromatic N) is 4. The fourth-order valence-electron chi connectivity index (χ4n) is 7.91. The van der Waals surface area contributed by atoms with Gasteiger partial charge in [0.05, 0.1) is 56.0 Å². The Balaban J connectivity index is 0.000000148. The Hall–Kier alpha value is -4.20. The van der Waals surface area contributed by atoms with Crippen molar-refractivity contribution >= 4 is 60.0 Å². The zero-order valence-corrected chi connectivity index (χ0v) is 41.2. The third-order valence-electron chi connectivity index (χ3n) is 13.5. The second-order valence-corrected chi connectivity index (χ2v) is 20.9. The molecule has 334 valence electrons. The summed E-state index contributed by atoms with van der Waals surface area (Å²) < 4.78 is 36.2. The molecule has 0 aliphatic carbocycles. The van der Waals surface area contributed by atoms with E-state index in [-0.39, 0.29) is 40.7 Å². The maximum Gasteiger partial charge on any atom is 0.494 e. The third kappa shape index (κ3) is 9.68. The van der Waals surface area contributed by atoms with E-state index in [9.17, 15) is 0 Å². The van der Waals surface area contributed by atoms with Crippen LogP contribution in [0, 0.1) is 27.7 Å². The van der Waals surface area contributed by atoms with E-state index < -0.39 is 14.0 Å². The first-order valence-corrected chi connectivity index (χ1v) is 22.4. The molecule has 0 unspecified atom stereocenters. The van der Waals surface area contributed by atoms with Crippen molar-refractivity contribution in [3.05, 3.63) is 113 Å². The number of halogens is 1. The van der Waals surface area contributed by atoms with Crippen LogP contribution >= 0.6 is 11.6 Å². The lowest BCUT2D eigenvalue weighted by Gasteiger charge is -2.32. The van der Waals surface area contributed by atoms with Crippen LogP contribution in [-0.2, 0) is 27.9 Å². The highest BCUT2D eigenvalue weighted by molar-refractivity contribution is 7.11. The number of fused-ring (bicyclic) bond motifs is 2. The maximum atomic E-state index is 6.18. The normalized spacial score (nSPS) is 19.9. The van der Waals surface area contributed by atoms with Gasteiger partial charge in [0.25, 0.3) is 0 Å². The van der Waals surface area contributed by atoms with Crippen LogP contribution in [0.3, 0.4) is 0 Å². The van der Waals surface area contributed by atoms with E-state index in [4.69, 9.17) is 39.5 Å². The average Bonchev–Trinajstić information content (AvgIpc) is 3.66. The number of rotatable bonds is 4. The van der Waals surface area contributed by atoms with E-state index in [1.54, 1.807) is 12.7 Å². The van der Waals surface area contributed by atoms with Gasteiger partial charge in [-0.3, -0.25) is 0 Å². The Morgan fingerprint density at radius 2 is 0.750 bits per heavy atom. The second-order valence-electron chi connectivity index (χ2n) is 20.5. The number of aromatic nitrogens is 4. The van der Waals surface area contributed by atoms with Crippen molar-refractivity contribution in [1.82, 2.24) is 19.9 Å². The van der Waals surface area contributed by atoms with Gasteiger partial charge >= 0.3 is 21.1 Å². The zero-order chi connectivity index (χ0) is 46.8. The minimum atomic E-state index is -0.476. The van der Waals surface area contributed by atoms with Crippen LogP contribution < -0.4 is 5.46 Å². The molecule has 0 radical (unpaired) electrons. The van der Waals surface area contributed by atoms with Gasteiger partial charge in [-0.1, -0.05) is 58.1 Å². The molecule has 2 aromatic heterocycles. The smallest absolute Gasteiger partial charge is 0.405 e. The molecule has 0 spiro atoms. The summed E-state index contributed by atoms with van der Waals surface area (Å²) >= 11 is 6.01. The Kier molecular flexibility index (Phi) is 12.9. The van der Waals surface area contributed by atoms with E-state index in [1.165, 1.54) is 22.3 Å². The average molecular weight is 883 g/mol. The first-order valence-electron chi connectivity index (χ1n) is 22.1. The van der Waals surface area contributed by atoms with E-state index >= 15 is 0 Å². The minimum absolute atomic E-state index is 0.359. The van der Waals surface area contributed by atoms with Gasteiger partial charge in [0.1, 0.15) is 12.7 Å². The van der Waals surface area contributed by atoms with Crippen molar-refractivity contribution in [2.75, 3.05) is 0 Å². The van der Waals surface area contributed by atoms with Crippen LogP contribution in [-0.4, -0.2) is 74.7 Å². The Labute approximate surface area is 386 Å². The van der Waals surface area contributed by atoms with Gasteiger partial charge in [-0.25, -0.2) is 19.9 Å². The summed E-state index contributed by atoms with van der Waals surface area (Å²) in [4.78, 5) is 17.8. The van der Waals surface area contributed by atoms with Crippen LogP contribution in [0.2, 0.25) is 5.02 Å². The first kappa shape index (κ1) is 47.8. The van der Waals surface area contributed by atoms with Crippen LogP contribution in [0.1, 0.15) is 105 Å². The van der Waals surface area contributed by atoms with Crippen molar-refractivity contribution in [1.29, 1.82) is 0 Å². The fourth-order valence-corrected chi connectivity index (χ4v) is 8.08. The summed E-state index contributed by atoms with van der Waals surface area (Å²) in [5.74, 6) is 0. The van der Waals surface area contributed by atoms with Gasteiger partial charge < -0.3 is 27.9 Å². The quantitative estimate of drug-likeness (QED) is 0.159. The molecule has 4 aromatic carbocycles. The van der Waals surface area contributed by atoms with Gasteiger partial charge in [0.15, 0.2) is 0 Å². The summed E-state index contributed by atoms with van der Waals surface area (Å²) in [7, 11) is -1.34. The van der Waals surface area contributed by atoms with E-state index in [2.05, 4.69) is 124 Å². The monoisotopic (exact) mass is 882 g/mol. The van der Waals surface area contributed by atoms with Crippen molar-refractivity contribution in [2.45, 2.75) is 144 Å². The van der Waals surface area contributed by atoms with Crippen LogP contribution in [0.4, 0.5) is 0 Å². The van der Waals surface area contributed by atoms with E-state index in [1.807, 2.05) is 79.7 Å². The lowest BCUT2D eigenvalue weighted by Crippen LogP contribution is -2.41.